The Morgan fingerprint density at radius 1 is 1.33 bits per heavy atom. The molecule has 92 valence electrons. The molecule has 0 aliphatic carbocycles. The maximum Gasteiger partial charge on any atom is 0.176 e. The molecule has 0 saturated carbocycles. The van der Waals surface area contributed by atoms with Gasteiger partial charge in [-0.05, 0) is 31.3 Å². The van der Waals surface area contributed by atoms with Crippen LogP contribution in [-0.2, 0) is 0 Å². The van der Waals surface area contributed by atoms with E-state index in [1.54, 1.807) is 24.3 Å². The number of nitrogens with one attached hydrogen (secondary N) is 2. The number of aromatic nitrogens is 1. The number of nitrogens with zero attached hydrogens (tertiary/aromatic N) is 1. The van der Waals surface area contributed by atoms with Crippen molar-refractivity contribution in [2.75, 3.05) is 10.6 Å². The van der Waals surface area contributed by atoms with Crippen molar-refractivity contribution >= 4 is 34.6 Å². The second-order valence-corrected chi connectivity index (χ2v) is 4.01. The first-order valence-electron chi connectivity index (χ1n) is 5.24. The summed E-state index contributed by atoms with van der Waals surface area (Å²) in [7, 11) is 0. The molecule has 0 spiro atoms. The quantitative estimate of drug-likeness (QED) is 0.654. The van der Waals surface area contributed by atoms with Crippen LogP contribution in [0.5, 0.6) is 0 Å². The predicted molar refractivity (Wildman–Crippen MR) is 72.8 cm³/mol. The van der Waals surface area contributed by atoms with Crippen molar-refractivity contribution in [2.45, 2.75) is 6.92 Å². The second-order valence-electron chi connectivity index (χ2n) is 3.60. The SMILES string of the molecule is CC(=O)c1cccc(NC(=S)Nc2ccon2)c1. The lowest BCUT2D eigenvalue weighted by Crippen LogP contribution is -2.19. The predicted octanol–water partition coefficient (Wildman–Crippen LogP) is 2.69. The summed E-state index contributed by atoms with van der Waals surface area (Å²) in [5.41, 5.74) is 1.37. The number of ketones is 1. The maximum absolute atomic E-state index is 11.2. The zero-order valence-corrected chi connectivity index (χ0v) is 10.5. The number of carbonyl (C=O) groups is 1. The third kappa shape index (κ3) is 3.14. The molecule has 0 aliphatic heterocycles. The summed E-state index contributed by atoms with van der Waals surface area (Å²) < 4.78 is 4.67. The fraction of sp³-hybridized carbons (Fsp3) is 0.0833. The van der Waals surface area contributed by atoms with Crippen LogP contribution in [0.2, 0.25) is 0 Å². The average molecular weight is 261 g/mol. The second kappa shape index (κ2) is 5.42. The number of Topliss-reactive ketones (excluding diaryl/α,β-unsaturated/α-hetero) is 1. The lowest BCUT2D eigenvalue weighted by atomic mass is 10.1. The van der Waals surface area contributed by atoms with Crippen molar-refractivity contribution in [3.05, 3.63) is 42.2 Å². The molecular weight excluding hydrogens is 250 g/mol. The Morgan fingerprint density at radius 3 is 2.83 bits per heavy atom. The molecule has 0 atom stereocenters. The van der Waals surface area contributed by atoms with Crippen molar-refractivity contribution in [3.8, 4) is 0 Å². The first-order chi connectivity index (χ1) is 8.65. The van der Waals surface area contributed by atoms with Crippen molar-refractivity contribution in [1.29, 1.82) is 0 Å². The van der Waals surface area contributed by atoms with Crippen molar-refractivity contribution in [3.63, 3.8) is 0 Å². The van der Waals surface area contributed by atoms with Gasteiger partial charge in [0.05, 0.1) is 0 Å². The lowest BCUT2D eigenvalue weighted by Gasteiger charge is -2.08. The molecule has 0 fully saturated rings. The van der Waals surface area contributed by atoms with E-state index in [-0.39, 0.29) is 5.78 Å². The monoisotopic (exact) mass is 261 g/mol. The van der Waals surface area contributed by atoms with Gasteiger partial charge < -0.3 is 15.2 Å². The molecule has 1 aromatic carbocycles. The number of hydrogen-bond donors (Lipinski definition) is 2. The third-order valence-electron chi connectivity index (χ3n) is 2.21. The molecule has 5 nitrogen and oxygen atoms in total. The third-order valence-corrected chi connectivity index (χ3v) is 2.41. The molecule has 0 bridgehead atoms. The van der Waals surface area contributed by atoms with Gasteiger partial charge in [0.2, 0.25) is 0 Å². The maximum atomic E-state index is 11.2. The van der Waals surface area contributed by atoms with Crippen LogP contribution in [0.4, 0.5) is 11.5 Å². The van der Waals surface area contributed by atoms with Crippen LogP contribution in [0.25, 0.3) is 0 Å². The minimum absolute atomic E-state index is 0.00836. The van der Waals surface area contributed by atoms with Gasteiger partial charge in [-0.25, -0.2) is 0 Å². The molecule has 0 radical (unpaired) electrons. The topological polar surface area (TPSA) is 67.2 Å². The van der Waals surface area contributed by atoms with Crippen molar-refractivity contribution < 1.29 is 9.32 Å². The van der Waals surface area contributed by atoms with E-state index >= 15 is 0 Å². The Hall–Kier alpha value is -2.21. The van der Waals surface area contributed by atoms with E-state index in [4.69, 9.17) is 12.2 Å². The largest absolute Gasteiger partial charge is 0.363 e. The van der Waals surface area contributed by atoms with Gasteiger partial charge in [0.15, 0.2) is 16.7 Å². The number of hydrogen-bond acceptors (Lipinski definition) is 4. The molecule has 6 heteroatoms. The fourth-order valence-corrected chi connectivity index (χ4v) is 1.59. The van der Waals surface area contributed by atoms with Gasteiger partial charge in [0.1, 0.15) is 6.26 Å². The highest BCUT2D eigenvalue weighted by Gasteiger charge is 2.03. The van der Waals surface area contributed by atoms with E-state index in [0.29, 0.717) is 16.5 Å². The standard InChI is InChI=1S/C12H11N3O2S/c1-8(16)9-3-2-4-10(7-9)13-12(18)14-11-5-6-17-15-11/h2-7H,1H3,(H2,13,14,15,18). The Kier molecular flexibility index (Phi) is 3.69. The molecule has 0 unspecified atom stereocenters. The van der Waals surface area contributed by atoms with Gasteiger partial charge in [0.25, 0.3) is 0 Å². The van der Waals surface area contributed by atoms with Gasteiger partial charge in [-0.1, -0.05) is 17.3 Å². The average Bonchev–Trinajstić information content (AvgIpc) is 2.82. The molecule has 2 rings (SSSR count). The first kappa shape index (κ1) is 12.3. The van der Waals surface area contributed by atoms with Gasteiger partial charge in [-0.3, -0.25) is 4.79 Å². The van der Waals surface area contributed by atoms with Crippen LogP contribution in [0, 0.1) is 0 Å². The highest BCUT2D eigenvalue weighted by atomic mass is 32.1. The number of thiocarbonyl (C=S) groups is 1. The van der Waals surface area contributed by atoms with E-state index in [1.807, 2.05) is 6.07 Å². The molecule has 1 aromatic heterocycles. The first-order valence-corrected chi connectivity index (χ1v) is 5.65. The minimum atomic E-state index is 0.00836. The summed E-state index contributed by atoms with van der Waals surface area (Å²) in [5.74, 6) is 0.532. The summed E-state index contributed by atoms with van der Waals surface area (Å²) in [5, 5.41) is 9.87. The van der Waals surface area contributed by atoms with Gasteiger partial charge >= 0.3 is 0 Å². The summed E-state index contributed by atoms with van der Waals surface area (Å²) in [4.78, 5) is 11.2. The summed E-state index contributed by atoms with van der Waals surface area (Å²) in [6.45, 7) is 1.52. The number of carbonyl (C=O) groups excluding carboxylic acids is 1. The number of benzene rings is 1. The minimum Gasteiger partial charge on any atom is -0.363 e. The van der Waals surface area contributed by atoms with Crippen LogP contribution >= 0.6 is 12.2 Å². The molecule has 2 N–H and O–H groups in total. The number of rotatable bonds is 3. The van der Waals surface area contributed by atoms with E-state index < -0.39 is 0 Å². The summed E-state index contributed by atoms with van der Waals surface area (Å²) in [6.07, 6.45) is 1.45. The van der Waals surface area contributed by atoms with Crippen molar-refractivity contribution in [1.82, 2.24) is 5.16 Å². The highest BCUT2D eigenvalue weighted by Crippen LogP contribution is 2.12. The molecule has 18 heavy (non-hydrogen) atoms. The van der Waals surface area contributed by atoms with Crippen LogP contribution in [-0.4, -0.2) is 16.1 Å². The molecule has 2 aromatic rings. The Bertz CT molecular complexity index is 566. The van der Waals surface area contributed by atoms with E-state index in [2.05, 4.69) is 20.3 Å². The van der Waals surface area contributed by atoms with Gasteiger partial charge in [0, 0.05) is 17.3 Å². The van der Waals surface area contributed by atoms with E-state index in [9.17, 15) is 4.79 Å². The normalized spacial score (nSPS) is 9.83. The van der Waals surface area contributed by atoms with E-state index in [0.717, 1.165) is 5.69 Å². The zero-order chi connectivity index (χ0) is 13.0. The summed E-state index contributed by atoms with van der Waals surface area (Å²) >= 11 is 5.10. The van der Waals surface area contributed by atoms with Crippen LogP contribution < -0.4 is 10.6 Å². The Labute approximate surface area is 109 Å². The van der Waals surface area contributed by atoms with Crippen LogP contribution in [0.15, 0.2) is 41.1 Å². The van der Waals surface area contributed by atoms with Gasteiger partial charge in [-0.15, -0.1) is 0 Å². The lowest BCUT2D eigenvalue weighted by molar-refractivity contribution is 0.101. The Balaban J connectivity index is 2.03. The molecular formula is C12H11N3O2S. The van der Waals surface area contributed by atoms with Crippen LogP contribution in [0.1, 0.15) is 17.3 Å². The van der Waals surface area contributed by atoms with Gasteiger partial charge in [-0.2, -0.15) is 0 Å². The van der Waals surface area contributed by atoms with Crippen molar-refractivity contribution in [2.24, 2.45) is 0 Å². The highest BCUT2D eigenvalue weighted by molar-refractivity contribution is 7.80. The molecule has 0 saturated heterocycles. The number of anilines is 2. The molecule has 1 heterocycles. The summed E-state index contributed by atoms with van der Waals surface area (Å²) in [6, 6.07) is 8.75. The van der Waals surface area contributed by atoms with E-state index in [1.165, 1.54) is 13.2 Å². The fourth-order valence-electron chi connectivity index (χ4n) is 1.37. The Morgan fingerprint density at radius 2 is 2.17 bits per heavy atom. The zero-order valence-electron chi connectivity index (χ0n) is 9.64. The van der Waals surface area contributed by atoms with Crippen LogP contribution in [0.3, 0.4) is 0 Å². The smallest absolute Gasteiger partial charge is 0.176 e. The molecule has 0 amide bonds. The molecule has 0 aliphatic rings.